The second kappa shape index (κ2) is 6.55. The minimum Gasteiger partial charge on any atom is -0.312 e. The Kier molecular flexibility index (Phi) is 5.68. The van der Waals surface area contributed by atoms with E-state index in [1.54, 1.807) is 0 Å². The highest BCUT2D eigenvalue weighted by Gasteiger charge is 2.42. The summed E-state index contributed by atoms with van der Waals surface area (Å²) in [6.07, 6.45) is 7.72. The number of rotatable bonds is 7. The maximum absolute atomic E-state index is 4.11. The number of nitrogens with one attached hydrogen (secondary N) is 1. The highest BCUT2D eigenvalue weighted by Crippen LogP contribution is 2.38. The lowest BCUT2D eigenvalue weighted by Crippen LogP contribution is -2.57. The Labute approximate surface area is 107 Å². The first-order chi connectivity index (χ1) is 8.03. The third-order valence-electron chi connectivity index (χ3n) is 4.20. The van der Waals surface area contributed by atoms with E-state index in [4.69, 9.17) is 0 Å². The van der Waals surface area contributed by atoms with E-state index in [9.17, 15) is 0 Å². The van der Waals surface area contributed by atoms with Crippen molar-refractivity contribution in [3.63, 3.8) is 0 Å². The summed E-state index contributed by atoms with van der Waals surface area (Å²) in [7, 11) is 4.48. The molecule has 0 spiro atoms. The van der Waals surface area contributed by atoms with E-state index in [0.29, 0.717) is 11.6 Å². The van der Waals surface area contributed by atoms with Gasteiger partial charge in [0, 0.05) is 11.6 Å². The van der Waals surface area contributed by atoms with Crippen molar-refractivity contribution >= 4 is 0 Å². The van der Waals surface area contributed by atoms with Gasteiger partial charge in [-0.2, -0.15) is 0 Å². The van der Waals surface area contributed by atoms with Gasteiger partial charge >= 0.3 is 0 Å². The predicted molar refractivity (Wildman–Crippen MR) is 76.4 cm³/mol. The van der Waals surface area contributed by atoms with Gasteiger partial charge in [0.05, 0.1) is 0 Å². The molecule has 2 nitrogen and oxygen atoms in total. The molecule has 1 aliphatic carbocycles. The zero-order valence-corrected chi connectivity index (χ0v) is 12.2. The third-order valence-corrected chi connectivity index (χ3v) is 4.20. The fraction of sp³-hybridized carbons (Fsp3) is 0.867. The maximum Gasteiger partial charge on any atom is 0.0359 e. The summed E-state index contributed by atoms with van der Waals surface area (Å²) in [4.78, 5) is 2.45. The molecule has 0 amide bonds. The lowest BCUT2D eigenvalue weighted by Gasteiger charge is -2.44. The van der Waals surface area contributed by atoms with Crippen molar-refractivity contribution in [1.82, 2.24) is 10.2 Å². The molecule has 0 heterocycles. The number of hydrogen-bond donors (Lipinski definition) is 1. The molecule has 0 aromatic rings. The summed E-state index contributed by atoms with van der Waals surface area (Å²) >= 11 is 0. The Morgan fingerprint density at radius 2 is 1.94 bits per heavy atom. The molecule has 0 radical (unpaired) electrons. The smallest absolute Gasteiger partial charge is 0.0359 e. The summed E-state index contributed by atoms with van der Waals surface area (Å²) in [5.41, 5.74) is 1.65. The normalized spacial score (nSPS) is 20.8. The largest absolute Gasteiger partial charge is 0.312 e. The van der Waals surface area contributed by atoms with Crippen LogP contribution in [-0.4, -0.2) is 37.1 Å². The zero-order chi connectivity index (χ0) is 12.9. The second-order valence-corrected chi connectivity index (χ2v) is 5.87. The first kappa shape index (κ1) is 14.7. The van der Waals surface area contributed by atoms with Crippen LogP contribution in [0.4, 0.5) is 0 Å². The Balaban J connectivity index is 2.79. The summed E-state index contributed by atoms with van der Waals surface area (Å²) < 4.78 is 0. The van der Waals surface area contributed by atoms with Crippen molar-refractivity contribution in [2.45, 2.75) is 64.0 Å². The summed E-state index contributed by atoms with van der Waals surface area (Å²) in [5.74, 6) is 0. The fourth-order valence-corrected chi connectivity index (χ4v) is 3.21. The average Bonchev–Trinajstić information content (AvgIpc) is 2.73. The molecule has 0 aliphatic heterocycles. The van der Waals surface area contributed by atoms with Crippen LogP contribution in [-0.2, 0) is 0 Å². The first-order valence-electron chi connectivity index (χ1n) is 7.08. The van der Waals surface area contributed by atoms with Crippen LogP contribution in [0.1, 0.15) is 52.4 Å². The number of nitrogens with zero attached hydrogens (tertiary/aromatic N) is 1. The molecule has 1 N–H and O–H groups in total. The molecule has 1 fully saturated rings. The van der Waals surface area contributed by atoms with Crippen LogP contribution < -0.4 is 5.32 Å². The molecule has 100 valence electrons. The van der Waals surface area contributed by atoms with Crippen LogP contribution in [0.15, 0.2) is 12.2 Å². The molecule has 0 aromatic heterocycles. The molecule has 1 saturated carbocycles. The first-order valence-corrected chi connectivity index (χ1v) is 7.08. The lowest BCUT2D eigenvalue weighted by molar-refractivity contribution is 0.104. The molecule has 17 heavy (non-hydrogen) atoms. The van der Waals surface area contributed by atoms with Crippen LogP contribution >= 0.6 is 0 Å². The molecule has 1 aliphatic rings. The van der Waals surface area contributed by atoms with E-state index in [-0.39, 0.29) is 0 Å². The van der Waals surface area contributed by atoms with Gasteiger partial charge in [-0.3, -0.25) is 0 Å². The molecular formula is C15H30N2. The van der Waals surface area contributed by atoms with E-state index < -0.39 is 0 Å². The quantitative estimate of drug-likeness (QED) is 0.685. The van der Waals surface area contributed by atoms with Gasteiger partial charge in [0.1, 0.15) is 0 Å². The van der Waals surface area contributed by atoms with Crippen LogP contribution in [0.2, 0.25) is 0 Å². The lowest BCUT2D eigenvalue weighted by atomic mass is 9.83. The van der Waals surface area contributed by atoms with Gasteiger partial charge in [-0.15, -0.1) is 6.58 Å². The van der Waals surface area contributed by atoms with Gasteiger partial charge in [-0.05, 0) is 53.2 Å². The molecule has 2 heteroatoms. The minimum absolute atomic E-state index is 0.355. The van der Waals surface area contributed by atoms with E-state index >= 15 is 0 Å². The Hall–Kier alpha value is -0.340. The molecule has 0 saturated heterocycles. The van der Waals surface area contributed by atoms with Crippen LogP contribution in [0.3, 0.4) is 0 Å². The van der Waals surface area contributed by atoms with E-state index in [2.05, 4.69) is 44.7 Å². The van der Waals surface area contributed by atoms with Crippen molar-refractivity contribution in [3.05, 3.63) is 12.2 Å². The molecule has 1 rings (SSSR count). The summed E-state index contributed by atoms with van der Waals surface area (Å²) in [5, 5.41) is 3.76. The van der Waals surface area contributed by atoms with Crippen molar-refractivity contribution in [3.8, 4) is 0 Å². The zero-order valence-electron chi connectivity index (χ0n) is 12.2. The van der Waals surface area contributed by atoms with Crippen LogP contribution in [0.5, 0.6) is 0 Å². The van der Waals surface area contributed by atoms with E-state index in [0.717, 1.165) is 13.0 Å². The topological polar surface area (TPSA) is 15.3 Å². The van der Waals surface area contributed by atoms with Gasteiger partial charge in [-0.1, -0.05) is 25.3 Å². The number of hydrogen-bond acceptors (Lipinski definition) is 2. The Morgan fingerprint density at radius 1 is 1.35 bits per heavy atom. The molecule has 1 atom stereocenters. The van der Waals surface area contributed by atoms with Gasteiger partial charge in [0.15, 0.2) is 0 Å². The molecule has 0 bridgehead atoms. The highest BCUT2D eigenvalue weighted by atomic mass is 15.2. The van der Waals surface area contributed by atoms with Gasteiger partial charge in [0.25, 0.3) is 0 Å². The summed E-state index contributed by atoms with van der Waals surface area (Å²) in [6, 6.07) is 0.567. The van der Waals surface area contributed by atoms with E-state index in [1.165, 1.54) is 37.7 Å². The number of likely N-dealkylation sites (N-methyl/N-ethyl adjacent to an activating group) is 1. The van der Waals surface area contributed by atoms with Crippen LogP contribution in [0.25, 0.3) is 0 Å². The SMILES string of the molecule is C=C(C)CC(NCCC)C1(N(C)C)CCCC1. The monoisotopic (exact) mass is 238 g/mol. The van der Waals surface area contributed by atoms with Gasteiger partial charge in [0.2, 0.25) is 0 Å². The van der Waals surface area contributed by atoms with Crippen molar-refractivity contribution in [1.29, 1.82) is 0 Å². The molecule has 1 unspecified atom stereocenters. The van der Waals surface area contributed by atoms with Crippen molar-refractivity contribution < 1.29 is 0 Å². The fourth-order valence-electron chi connectivity index (χ4n) is 3.21. The second-order valence-electron chi connectivity index (χ2n) is 5.87. The standard InChI is InChI=1S/C15H30N2/c1-6-11-16-14(12-13(2)3)15(17(4)5)9-7-8-10-15/h14,16H,2,6-12H2,1,3-5H3. The van der Waals surface area contributed by atoms with E-state index in [1.807, 2.05) is 0 Å². The third kappa shape index (κ3) is 3.56. The summed E-state index contributed by atoms with van der Waals surface area (Å²) in [6.45, 7) is 9.61. The Bertz CT molecular complexity index is 239. The molecule has 0 aromatic carbocycles. The maximum atomic E-state index is 4.11. The Morgan fingerprint density at radius 3 is 2.35 bits per heavy atom. The predicted octanol–water partition coefficient (Wildman–Crippen LogP) is 3.20. The minimum atomic E-state index is 0.355. The van der Waals surface area contributed by atoms with Crippen LogP contribution in [0, 0.1) is 0 Å². The molecular weight excluding hydrogens is 208 g/mol. The van der Waals surface area contributed by atoms with Gasteiger partial charge < -0.3 is 10.2 Å². The average molecular weight is 238 g/mol. The van der Waals surface area contributed by atoms with Crippen molar-refractivity contribution in [2.75, 3.05) is 20.6 Å². The highest BCUT2D eigenvalue weighted by molar-refractivity contribution is 5.07. The van der Waals surface area contributed by atoms with Crippen molar-refractivity contribution in [2.24, 2.45) is 0 Å². The van der Waals surface area contributed by atoms with Gasteiger partial charge in [-0.25, -0.2) is 0 Å².